The molecule has 1 aromatic carbocycles. The van der Waals surface area contributed by atoms with E-state index < -0.39 is 42.0 Å². The Bertz CT molecular complexity index is 1610. The van der Waals surface area contributed by atoms with Gasteiger partial charge in [0.05, 0.1) is 5.69 Å². The van der Waals surface area contributed by atoms with Gasteiger partial charge in [-0.2, -0.15) is 18.2 Å². The van der Waals surface area contributed by atoms with E-state index >= 15 is 4.39 Å². The second-order valence-electron chi connectivity index (χ2n) is 9.67. The third-order valence-electron chi connectivity index (χ3n) is 7.03. The van der Waals surface area contributed by atoms with Crippen molar-refractivity contribution in [2.45, 2.75) is 43.9 Å². The summed E-state index contributed by atoms with van der Waals surface area (Å²) in [5.41, 5.74) is 0.919. The number of rotatable bonds is 6. The first-order valence-electron chi connectivity index (χ1n) is 12.1. The van der Waals surface area contributed by atoms with Crippen molar-refractivity contribution in [1.29, 1.82) is 0 Å². The van der Waals surface area contributed by atoms with Crippen LogP contribution in [0.3, 0.4) is 0 Å². The molecule has 38 heavy (non-hydrogen) atoms. The van der Waals surface area contributed by atoms with E-state index in [1.165, 1.54) is 11.6 Å². The summed E-state index contributed by atoms with van der Waals surface area (Å²) in [5.74, 6) is -1.55. The van der Waals surface area contributed by atoms with Crippen LogP contribution in [-0.2, 0) is 24.9 Å². The molecule has 8 nitrogen and oxygen atoms in total. The summed E-state index contributed by atoms with van der Waals surface area (Å²) < 4.78 is 70.3. The zero-order chi connectivity index (χ0) is 26.7. The molecule has 0 atom stereocenters. The molecule has 13 heteroatoms. The second-order valence-corrected chi connectivity index (χ2v) is 9.67. The van der Waals surface area contributed by atoms with Gasteiger partial charge in [0, 0.05) is 23.8 Å². The second kappa shape index (κ2) is 8.86. The van der Waals surface area contributed by atoms with Gasteiger partial charge < -0.3 is 10.6 Å². The van der Waals surface area contributed by atoms with Crippen LogP contribution < -0.4 is 16.2 Å². The minimum Gasteiger partial charge on any atom is -0.324 e. The average molecular weight is 531 g/mol. The summed E-state index contributed by atoms with van der Waals surface area (Å²) in [7, 11) is 0. The summed E-state index contributed by atoms with van der Waals surface area (Å²) in [6.07, 6.45) is -1.85. The molecule has 0 unspecified atom stereocenters. The monoisotopic (exact) mass is 531 g/mol. The summed E-state index contributed by atoms with van der Waals surface area (Å²) in [4.78, 5) is 25.6. The van der Waals surface area contributed by atoms with Crippen LogP contribution in [0.2, 0.25) is 0 Å². The van der Waals surface area contributed by atoms with E-state index in [2.05, 4.69) is 25.6 Å². The van der Waals surface area contributed by atoms with Gasteiger partial charge in [0.15, 0.2) is 17.3 Å². The highest BCUT2D eigenvalue weighted by molar-refractivity contribution is 5.77. The molecular formula is C25H22F5N7O. The van der Waals surface area contributed by atoms with E-state index in [1.807, 2.05) is 18.2 Å². The van der Waals surface area contributed by atoms with Crippen LogP contribution >= 0.6 is 0 Å². The minimum atomic E-state index is -4.80. The van der Waals surface area contributed by atoms with E-state index in [0.29, 0.717) is 34.4 Å². The standard InChI is InChI=1S/C25H22F5N7O/c26-12-24(6-7-24)19-4-3-18(27)21(34-19)37-20-17(22(38)36(37)13-25(28,29)30)11-32-23(35-20)33-16-2-1-14-5-8-31-10-15(14)9-16/h1-4,9,11,31H,5-8,10,12-13H2,(H,32,33,35). The first-order valence-corrected chi connectivity index (χ1v) is 12.1. The number of nitrogens with zero attached hydrogens (tertiary/aromatic N) is 5. The lowest BCUT2D eigenvalue weighted by molar-refractivity contribution is -0.144. The number of benzene rings is 1. The normalized spacial score (nSPS) is 16.4. The third kappa shape index (κ3) is 4.30. The van der Waals surface area contributed by atoms with Crippen LogP contribution in [0.4, 0.5) is 33.6 Å². The molecule has 2 N–H and O–H groups in total. The van der Waals surface area contributed by atoms with Gasteiger partial charge in [-0.1, -0.05) is 6.07 Å². The molecule has 1 fully saturated rings. The van der Waals surface area contributed by atoms with Crippen LogP contribution in [-0.4, -0.2) is 43.7 Å². The Kier molecular flexibility index (Phi) is 5.70. The van der Waals surface area contributed by atoms with Gasteiger partial charge in [-0.25, -0.2) is 23.7 Å². The lowest BCUT2D eigenvalue weighted by Gasteiger charge is -2.18. The number of nitrogens with one attached hydrogen (secondary N) is 2. The van der Waals surface area contributed by atoms with Crippen molar-refractivity contribution in [2.24, 2.45) is 0 Å². The SMILES string of the molecule is O=c1c2cnc(Nc3ccc4c(c3)CNCC4)nc2n(-c2nc(C3(CF)CC3)ccc2F)n1CC(F)(F)F. The highest BCUT2D eigenvalue weighted by Gasteiger charge is 2.46. The van der Waals surface area contributed by atoms with E-state index in [0.717, 1.165) is 30.8 Å². The molecule has 3 aromatic heterocycles. The Hall–Kier alpha value is -3.87. The first-order chi connectivity index (χ1) is 18.2. The molecule has 0 spiro atoms. The molecule has 0 radical (unpaired) electrons. The van der Waals surface area contributed by atoms with Gasteiger partial charge in [0.1, 0.15) is 18.6 Å². The summed E-state index contributed by atoms with van der Waals surface area (Å²) in [6, 6.07) is 8.04. The smallest absolute Gasteiger partial charge is 0.324 e. The van der Waals surface area contributed by atoms with Crippen molar-refractivity contribution in [3.63, 3.8) is 0 Å². The minimum absolute atomic E-state index is 0.00175. The predicted octanol–water partition coefficient (Wildman–Crippen LogP) is 4.07. The number of aromatic nitrogens is 5. The molecule has 0 saturated heterocycles. The number of anilines is 2. The molecule has 4 heterocycles. The van der Waals surface area contributed by atoms with Crippen LogP contribution in [0.1, 0.15) is 29.7 Å². The fourth-order valence-electron chi connectivity index (χ4n) is 4.79. The number of pyridine rings is 1. The average Bonchev–Trinajstić information content (AvgIpc) is 3.65. The molecule has 4 aromatic rings. The highest BCUT2D eigenvalue weighted by atomic mass is 19.4. The fraction of sp³-hybridized carbons (Fsp3) is 0.360. The largest absolute Gasteiger partial charge is 0.408 e. The highest BCUT2D eigenvalue weighted by Crippen LogP contribution is 2.48. The molecule has 6 rings (SSSR count). The number of fused-ring (bicyclic) bond motifs is 2. The van der Waals surface area contributed by atoms with E-state index in [-0.39, 0.29) is 22.7 Å². The molecule has 1 aliphatic carbocycles. The zero-order valence-corrected chi connectivity index (χ0v) is 19.9. The molecule has 1 aliphatic heterocycles. The Labute approximate surface area is 212 Å². The van der Waals surface area contributed by atoms with Crippen molar-refractivity contribution in [1.82, 2.24) is 29.6 Å². The maximum Gasteiger partial charge on any atom is 0.408 e. The number of halogens is 5. The number of hydrogen-bond acceptors (Lipinski definition) is 6. The summed E-state index contributed by atoms with van der Waals surface area (Å²) in [5, 5.41) is 6.05. The number of hydrogen-bond donors (Lipinski definition) is 2. The Morgan fingerprint density at radius 2 is 1.92 bits per heavy atom. The van der Waals surface area contributed by atoms with Gasteiger partial charge in [-0.3, -0.25) is 9.18 Å². The van der Waals surface area contributed by atoms with Crippen molar-refractivity contribution in [3.8, 4) is 5.82 Å². The maximum atomic E-state index is 15.1. The Morgan fingerprint density at radius 1 is 1.11 bits per heavy atom. The Morgan fingerprint density at radius 3 is 2.66 bits per heavy atom. The van der Waals surface area contributed by atoms with Crippen LogP contribution in [0.5, 0.6) is 0 Å². The van der Waals surface area contributed by atoms with Crippen LogP contribution in [0, 0.1) is 5.82 Å². The van der Waals surface area contributed by atoms with Gasteiger partial charge in [-0.15, -0.1) is 0 Å². The van der Waals surface area contributed by atoms with E-state index in [4.69, 9.17) is 0 Å². The maximum absolute atomic E-state index is 15.1. The molecule has 2 aliphatic rings. The molecule has 0 bridgehead atoms. The molecule has 1 saturated carbocycles. The van der Waals surface area contributed by atoms with E-state index in [9.17, 15) is 22.4 Å². The van der Waals surface area contributed by atoms with Crippen molar-refractivity contribution < 1.29 is 22.0 Å². The number of alkyl halides is 4. The topological polar surface area (TPSA) is 89.7 Å². The lowest BCUT2D eigenvalue weighted by Crippen LogP contribution is -2.31. The summed E-state index contributed by atoms with van der Waals surface area (Å²) in [6.45, 7) is -0.877. The van der Waals surface area contributed by atoms with Gasteiger partial charge in [-0.05, 0) is 61.2 Å². The van der Waals surface area contributed by atoms with Gasteiger partial charge >= 0.3 is 6.18 Å². The molecular weight excluding hydrogens is 509 g/mol. The fourth-order valence-corrected chi connectivity index (χ4v) is 4.79. The zero-order valence-electron chi connectivity index (χ0n) is 19.9. The molecule has 198 valence electrons. The molecule has 0 amide bonds. The van der Waals surface area contributed by atoms with Crippen molar-refractivity contribution >= 4 is 22.7 Å². The Balaban J connectivity index is 1.49. The van der Waals surface area contributed by atoms with Crippen molar-refractivity contribution in [3.05, 3.63) is 69.5 Å². The van der Waals surface area contributed by atoms with Gasteiger partial charge in [0.2, 0.25) is 5.95 Å². The van der Waals surface area contributed by atoms with Crippen LogP contribution in [0.15, 0.2) is 41.3 Å². The third-order valence-corrected chi connectivity index (χ3v) is 7.03. The van der Waals surface area contributed by atoms with Gasteiger partial charge in [0.25, 0.3) is 5.56 Å². The summed E-state index contributed by atoms with van der Waals surface area (Å²) >= 11 is 0. The van der Waals surface area contributed by atoms with E-state index in [1.54, 1.807) is 0 Å². The quantitative estimate of drug-likeness (QED) is 0.365. The first kappa shape index (κ1) is 24.5. The van der Waals surface area contributed by atoms with Crippen molar-refractivity contribution in [2.75, 3.05) is 18.5 Å². The predicted molar refractivity (Wildman–Crippen MR) is 129 cm³/mol. The van der Waals surface area contributed by atoms with Crippen LogP contribution in [0.25, 0.3) is 16.9 Å². The lowest BCUT2D eigenvalue weighted by atomic mass is 10.0.